The third-order valence-corrected chi connectivity index (χ3v) is 4.88. The highest BCUT2D eigenvalue weighted by Gasteiger charge is 2.33. The maximum atomic E-state index is 4.44. The van der Waals surface area contributed by atoms with Crippen molar-refractivity contribution in [3.8, 4) is 10.6 Å². The molecule has 19 heavy (non-hydrogen) atoms. The van der Waals surface area contributed by atoms with Crippen LogP contribution in [0.3, 0.4) is 0 Å². The highest BCUT2D eigenvalue weighted by atomic mass is 32.1. The van der Waals surface area contributed by atoms with Crippen LogP contribution < -0.4 is 4.57 Å². The molecule has 5 heteroatoms. The normalized spacial score (nSPS) is 13.1. The lowest BCUT2D eigenvalue weighted by Gasteiger charge is -1.90. The molecular formula is C14H9N4S+. The molecule has 0 amide bonds. The lowest BCUT2D eigenvalue weighted by Crippen LogP contribution is -2.29. The Bertz CT molecular complexity index is 951. The standard InChI is InChI=1S/C14H9N4S/c1-2-10-6-12-14(18(10)16-4-1)19-13-11-3-5-15-7-9(11)8-17(12)13/h1-7H,8H2/q+1. The molecule has 0 atom stereocenters. The minimum Gasteiger partial charge on any atom is -0.264 e. The van der Waals surface area contributed by atoms with Crippen LogP contribution in [0, 0.1) is 0 Å². The van der Waals surface area contributed by atoms with Crippen molar-refractivity contribution >= 4 is 27.2 Å². The average Bonchev–Trinajstić information content (AvgIpc) is 3.07. The SMILES string of the molecule is c1cnn2c(c1)cc1c2sc2[n+]1Cc1cnccc1-2. The minimum atomic E-state index is 0.912. The molecule has 0 bridgehead atoms. The molecule has 5 heterocycles. The zero-order valence-corrected chi connectivity index (χ0v) is 10.8. The number of aromatic nitrogens is 4. The molecule has 0 saturated carbocycles. The Hall–Kier alpha value is -2.27. The summed E-state index contributed by atoms with van der Waals surface area (Å²) in [5, 5.41) is 5.75. The van der Waals surface area contributed by atoms with Gasteiger partial charge in [0.2, 0.25) is 5.52 Å². The number of thiazole rings is 1. The molecule has 5 rings (SSSR count). The Balaban J connectivity index is 1.93. The highest BCUT2D eigenvalue weighted by Crippen LogP contribution is 2.35. The molecule has 0 N–H and O–H groups in total. The summed E-state index contributed by atoms with van der Waals surface area (Å²) in [5.41, 5.74) is 5.02. The van der Waals surface area contributed by atoms with Crippen LogP contribution in [0.15, 0.2) is 42.9 Å². The molecule has 0 unspecified atom stereocenters. The predicted molar refractivity (Wildman–Crippen MR) is 73.1 cm³/mol. The first-order chi connectivity index (χ1) is 9.42. The molecule has 1 aliphatic heterocycles. The number of hydrogen-bond donors (Lipinski definition) is 0. The number of rotatable bonds is 0. The van der Waals surface area contributed by atoms with E-state index >= 15 is 0 Å². The van der Waals surface area contributed by atoms with E-state index in [0.717, 1.165) is 12.1 Å². The summed E-state index contributed by atoms with van der Waals surface area (Å²) >= 11 is 1.80. The summed E-state index contributed by atoms with van der Waals surface area (Å²) in [4.78, 5) is 5.43. The Labute approximate surface area is 112 Å². The molecule has 0 fully saturated rings. The topological polar surface area (TPSA) is 34.1 Å². The van der Waals surface area contributed by atoms with E-state index in [4.69, 9.17) is 0 Å². The molecule has 4 aromatic heterocycles. The van der Waals surface area contributed by atoms with Crippen LogP contribution in [0.1, 0.15) is 5.56 Å². The molecule has 0 radical (unpaired) electrons. The van der Waals surface area contributed by atoms with Crippen LogP contribution in [0.5, 0.6) is 0 Å². The summed E-state index contributed by atoms with van der Waals surface area (Å²) in [6.45, 7) is 0.912. The number of fused-ring (bicyclic) bond motifs is 7. The van der Waals surface area contributed by atoms with Crippen LogP contribution in [0.25, 0.3) is 26.4 Å². The summed E-state index contributed by atoms with van der Waals surface area (Å²) in [6, 6.07) is 8.38. The van der Waals surface area contributed by atoms with E-state index in [0.29, 0.717) is 0 Å². The van der Waals surface area contributed by atoms with Crippen LogP contribution in [-0.4, -0.2) is 14.6 Å². The Morgan fingerprint density at radius 3 is 3.26 bits per heavy atom. The Morgan fingerprint density at radius 2 is 2.26 bits per heavy atom. The smallest absolute Gasteiger partial charge is 0.264 e. The van der Waals surface area contributed by atoms with Crippen molar-refractivity contribution in [2.45, 2.75) is 6.54 Å². The second kappa shape index (κ2) is 3.19. The third kappa shape index (κ3) is 1.11. The van der Waals surface area contributed by atoms with Crippen molar-refractivity contribution in [2.75, 3.05) is 0 Å². The van der Waals surface area contributed by atoms with Gasteiger partial charge >= 0.3 is 0 Å². The highest BCUT2D eigenvalue weighted by molar-refractivity contribution is 7.20. The molecule has 0 spiro atoms. The van der Waals surface area contributed by atoms with Gasteiger partial charge in [0.15, 0.2) is 11.4 Å². The predicted octanol–water partition coefficient (Wildman–Crippen LogP) is 2.26. The fraction of sp³-hybridized carbons (Fsp3) is 0.0714. The van der Waals surface area contributed by atoms with E-state index in [1.54, 1.807) is 11.3 Å². The lowest BCUT2D eigenvalue weighted by atomic mass is 10.2. The van der Waals surface area contributed by atoms with E-state index in [-0.39, 0.29) is 0 Å². The molecule has 4 nitrogen and oxygen atoms in total. The number of nitrogens with zero attached hydrogens (tertiary/aromatic N) is 4. The first-order valence-corrected chi connectivity index (χ1v) is 6.96. The minimum absolute atomic E-state index is 0.912. The van der Waals surface area contributed by atoms with Crippen LogP contribution in [0.4, 0.5) is 0 Å². The van der Waals surface area contributed by atoms with Crippen molar-refractivity contribution in [2.24, 2.45) is 0 Å². The van der Waals surface area contributed by atoms with Crippen molar-refractivity contribution in [3.05, 3.63) is 48.4 Å². The van der Waals surface area contributed by atoms with Gasteiger partial charge in [0.1, 0.15) is 0 Å². The molecule has 4 aromatic rings. The van der Waals surface area contributed by atoms with E-state index < -0.39 is 0 Å². The first-order valence-electron chi connectivity index (χ1n) is 6.14. The van der Waals surface area contributed by atoms with Gasteiger partial charge in [-0.3, -0.25) is 4.98 Å². The van der Waals surface area contributed by atoms with E-state index in [9.17, 15) is 0 Å². The fourth-order valence-electron chi connectivity index (χ4n) is 2.81. The maximum absolute atomic E-state index is 4.44. The van der Waals surface area contributed by atoms with Gasteiger partial charge in [0.05, 0.1) is 11.1 Å². The average molecular weight is 265 g/mol. The van der Waals surface area contributed by atoms with Crippen LogP contribution in [-0.2, 0) is 6.54 Å². The lowest BCUT2D eigenvalue weighted by molar-refractivity contribution is -0.641. The van der Waals surface area contributed by atoms with Gasteiger partial charge in [-0.2, -0.15) is 9.67 Å². The quantitative estimate of drug-likeness (QED) is 0.402. The van der Waals surface area contributed by atoms with Crippen molar-refractivity contribution in [1.82, 2.24) is 14.6 Å². The summed E-state index contributed by atoms with van der Waals surface area (Å²) in [5.74, 6) is 0. The maximum Gasteiger partial charge on any atom is 0.272 e. The molecular weight excluding hydrogens is 256 g/mol. The monoisotopic (exact) mass is 265 g/mol. The second-order valence-corrected chi connectivity index (χ2v) is 5.70. The van der Waals surface area contributed by atoms with Gasteiger partial charge in [-0.15, -0.1) is 0 Å². The number of hydrogen-bond acceptors (Lipinski definition) is 3. The molecule has 0 aromatic carbocycles. The summed E-state index contributed by atoms with van der Waals surface area (Å²) in [7, 11) is 0. The second-order valence-electron chi connectivity index (χ2n) is 4.72. The van der Waals surface area contributed by atoms with E-state index in [2.05, 4.69) is 32.8 Å². The Kier molecular flexibility index (Phi) is 1.62. The van der Waals surface area contributed by atoms with Crippen molar-refractivity contribution in [1.29, 1.82) is 0 Å². The zero-order chi connectivity index (χ0) is 12.4. The molecule has 90 valence electrons. The van der Waals surface area contributed by atoms with E-state index in [1.807, 2.05) is 29.2 Å². The van der Waals surface area contributed by atoms with Gasteiger partial charge < -0.3 is 0 Å². The van der Waals surface area contributed by atoms with Gasteiger partial charge in [-0.1, -0.05) is 0 Å². The van der Waals surface area contributed by atoms with Crippen LogP contribution >= 0.6 is 11.3 Å². The largest absolute Gasteiger partial charge is 0.272 e. The van der Waals surface area contributed by atoms with Gasteiger partial charge in [0.25, 0.3) is 5.01 Å². The van der Waals surface area contributed by atoms with E-state index in [1.165, 1.54) is 26.5 Å². The third-order valence-electron chi connectivity index (χ3n) is 3.67. The van der Waals surface area contributed by atoms with Crippen molar-refractivity contribution < 1.29 is 4.57 Å². The summed E-state index contributed by atoms with van der Waals surface area (Å²) in [6.07, 6.45) is 5.66. The molecule has 1 aliphatic rings. The first kappa shape index (κ1) is 9.63. The number of pyridine rings is 1. The zero-order valence-electron chi connectivity index (χ0n) is 9.95. The summed E-state index contributed by atoms with van der Waals surface area (Å²) < 4.78 is 4.38. The van der Waals surface area contributed by atoms with Crippen LogP contribution in [0.2, 0.25) is 0 Å². The van der Waals surface area contributed by atoms with Gasteiger partial charge in [-0.25, -0.2) is 4.52 Å². The van der Waals surface area contributed by atoms with Crippen molar-refractivity contribution in [3.63, 3.8) is 0 Å². The molecule has 0 saturated heterocycles. The van der Waals surface area contributed by atoms with Gasteiger partial charge in [0, 0.05) is 30.2 Å². The van der Waals surface area contributed by atoms with Gasteiger partial charge in [-0.05, 0) is 29.5 Å². The fourth-order valence-corrected chi connectivity index (χ4v) is 4.09. The Morgan fingerprint density at radius 1 is 1.26 bits per heavy atom. The molecule has 0 aliphatic carbocycles.